The van der Waals surface area contributed by atoms with Gasteiger partial charge in [-0.3, -0.25) is 19.2 Å². The molecule has 0 saturated heterocycles. The van der Waals surface area contributed by atoms with Gasteiger partial charge in [0.2, 0.25) is 17.7 Å². The van der Waals surface area contributed by atoms with Gasteiger partial charge in [-0.05, 0) is 18.1 Å². The molecule has 40 heavy (non-hydrogen) atoms. The van der Waals surface area contributed by atoms with Crippen LogP contribution in [0.4, 0.5) is 0 Å². The number of hydrogen-bond donors (Lipinski definition) is 9. The molecule has 4 unspecified atom stereocenters. The van der Waals surface area contributed by atoms with E-state index in [2.05, 4.69) is 43.5 Å². The normalized spacial score (nSPS) is 14.1. The van der Waals surface area contributed by atoms with Gasteiger partial charge in [0.15, 0.2) is 0 Å². The monoisotopic (exact) mass is 573 g/mol. The fourth-order valence-corrected chi connectivity index (χ4v) is 4.15. The lowest BCUT2D eigenvalue weighted by atomic mass is 10.0. The summed E-state index contributed by atoms with van der Waals surface area (Å²) in [6.45, 7) is 0. The third-order valence-corrected chi connectivity index (χ3v) is 6.53. The van der Waals surface area contributed by atoms with Gasteiger partial charge in [-0.1, -0.05) is 18.2 Å². The number of carboxylic acids is 2. The third kappa shape index (κ3) is 8.31. The van der Waals surface area contributed by atoms with Crippen LogP contribution >= 0.6 is 12.6 Å². The molecule has 214 valence electrons. The van der Waals surface area contributed by atoms with Crippen LogP contribution in [0.1, 0.15) is 24.1 Å². The molecule has 15 heteroatoms. The summed E-state index contributed by atoms with van der Waals surface area (Å²) >= 11 is 3.96. The topological polar surface area (TPSA) is 232 Å². The van der Waals surface area contributed by atoms with Crippen LogP contribution in [0.2, 0.25) is 0 Å². The van der Waals surface area contributed by atoms with Crippen molar-refractivity contribution in [2.45, 2.75) is 49.9 Å². The van der Waals surface area contributed by atoms with E-state index in [4.69, 9.17) is 10.8 Å². The van der Waals surface area contributed by atoms with E-state index in [0.29, 0.717) is 11.3 Å². The van der Waals surface area contributed by atoms with Crippen molar-refractivity contribution in [2.24, 2.45) is 5.73 Å². The maximum absolute atomic E-state index is 13.4. The zero-order valence-corrected chi connectivity index (χ0v) is 22.2. The highest BCUT2D eigenvalue weighted by Gasteiger charge is 2.31. The zero-order valence-electron chi connectivity index (χ0n) is 21.3. The largest absolute Gasteiger partial charge is 0.481 e. The molecule has 14 nitrogen and oxygen atoms in total. The lowest BCUT2D eigenvalue weighted by Gasteiger charge is -2.25. The molecule has 0 aliphatic heterocycles. The number of hydrogen-bond acceptors (Lipinski definition) is 8. The molecular weight excluding hydrogens is 542 g/mol. The number of nitrogens with one attached hydrogen (secondary N) is 5. The Labute approximate surface area is 233 Å². The zero-order chi connectivity index (χ0) is 29.2. The number of nitrogens with two attached hydrogens (primary N) is 1. The van der Waals surface area contributed by atoms with Crippen molar-refractivity contribution < 1.29 is 34.2 Å². The standard InChI is InChI=1S/C25H31N7O7S/c26-16(11-40)22(35)30-18(5-6-21(33)34)23(36)31-19(7-13-9-28-17-4-2-1-3-15(13)17)24(37)32-20(25(38)39)8-14-10-27-12-29-14/h1-4,9-10,12,16,18-20,28,40H,5-8,11,26H2,(H,27,29)(H,30,35)(H,31,36)(H,32,37)(H,33,34)(H,38,39). The maximum atomic E-state index is 13.4. The van der Waals surface area contributed by atoms with Crippen molar-refractivity contribution in [3.8, 4) is 0 Å². The minimum atomic E-state index is -1.34. The summed E-state index contributed by atoms with van der Waals surface area (Å²) in [4.78, 5) is 71.8. The SMILES string of the molecule is NC(CS)C(=O)NC(CCC(=O)O)C(=O)NC(Cc1c[nH]c2ccccc12)C(=O)NC(Cc1cnc[nH]1)C(=O)O. The average molecular weight is 574 g/mol. The van der Waals surface area contributed by atoms with Crippen LogP contribution in [0.5, 0.6) is 0 Å². The number of carbonyl (C=O) groups is 5. The summed E-state index contributed by atoms with van der Waals surface area (Å²) in [7, 11) is 0. The van der Waals surface area contributed by atoms with Gasteiger partial charge in [-0.25, -0.2) is 9.78 Å². The Morgan fingerprint density at radius 2 is 1.60 bits per heavy atom. The second kappa shape index (κ2) is 14.1. The number of rotatable bonds is 15. The molecule has 1 aromatic carbocycles. The molecule has 0 spiro atoms. The van der Waals surface area contributed by atoms with Crippen LogP contribution in [0, 0.1) is 0 Å². The molecule has 3 aromatic rings. The molecule has 3 rings (SSSR count). The first-order chi connectivity index (χ1) is 19.1. The van der Waals surface area contributed by atoms with Gasteiger partial charge >= 0.3 is 11.9 Å². The van der Waals surface area contributed by atoms with E-state index in [1.54, 1.807) is 12.3 Å². The van der Waals surface area contributed by atoms with Crippen LogP contribution in [0.3, 0.4) is 0 Å². The summed E-state index contributed by atoms with van der Waals surface area (Å²) in [5.74, 6) is -4.85. The highest BCUT2D eigenvalue weighted by atomic mass is 32.1. The fraction of sp³-hybridized carbons (Fsp3) is 0.360. The number of thiol groups is 1. The number of amides is 3. The van der Waals surface area contributed by atoms with Crippen LogP contribution in [-0.4, -0.2) is 84.7 Å². The van der Waals surface area contributed by atoms with E-state index >= 15 is 0 Å². The Morgan fingerprint density at radius 1 is 0.925 bits per heavy atom. The number of H-pyrrole nitrogens is 2. The van der Waals surface area contributed by atoms with Gasteiger partial charge in [0.05, 0.1) is 12.4 Å². The van der Waals surface area contributed by atoms with E-state index in [0.717, 1.165) is 10.9 Å². The van der Waals surface area contributed by atoms with Crippen LogP contribution in [-0.2, 0) is 36.8 Å². The highest BCUT2D eigenvalue weighted by Crippen LogP contribution is 2.19. The second-order valence-electron chi connectivity index (χ2n) is 9.09. The molecular formula is C25H31N7O7S. The quantitative estimate of drug-likeness (QED) is 0.105. The minimum Gasteiger partial charge on any atom is -0.481 e. The summed E-state index contributed by atoms with van der Waals surface area (Å²) in [5, 5.41) is 27.0. The van der Waals surface area contributed by atoms with Gasteiger partial charge in [-0.15, -0.1) is 0 Å². The summed E-state index contributed by atoms with van der Waals surface area (Å²) in [6, 6.07) is 2.29. The number of carbonyl (C=O) groups excluding carboxylic acids is 3. The predicted octanol–water partition coefficient (Wildman–Crippen LogP) is -0.663. The summed E-state index contributed by atoms with van der Waals surface area (Å²) < 4.78 is 0. The van der Waals surface area contributed by atoms with E-state index in [1.165, 1.54) is 12.5 Å². The van der Waals surface area contributed by atoms with Crippen molar-refractivity contribution in [3.63, 3.8) is 0 Å². The number of aromatic nitrogens is 3. The van der Waals surface area contributed by atoms with E-state index in [1.807, 2.05) is 18.2 Å². The van der Waals surface area contributed by atoms with Gasteiger partial charge in [0.1, 0.15) is 18.1 Å². The highest BCUT2D eigenvalue weighted by molar-refractivity contribution is 7.80. The van der Waals surface area contributed by atoms with Gasteiger partial charge in [0, 0.05) is 54.0 Å². The van der Waals surface area contributed by atoms with Gasteiger partial charge in [0.25, 0.3) is 0 Å². The molecule has 9 N–H and O–H groups in total. The lowest BCUT2D eigenvalue weighted by Crippen LogP contribution is -2.58. The van der Waals surface area contributed by atoms with Crippen molar-refractivity contribution >= 4 is 53.2 Å². The molecule has 2 aromatic heterocycles. The van der Waals surface area contributed by atoms with E-state index in [-0.39, 0.29) is 25.0 Å². The maximum Gasteiger partial charge on any atom is 0.326 e. The van der Waals surface area contributed by atoms with Crippen LogP contribution in [0.15, 0.2) is 43.0 Å². The molecule has 3 amide bonds. The summed E-state index contributed by atoms with van der Waals surface area (Å²) in [6.07, 6.45) is 3.64. The molecule has 4 atom stereocenters. The predicted molar refractivity (Wildman–Crippen MR) is 146 cm³/mol. The number of fused-ring (bicyclic) bond motifs is 1. The number of nitrogens with zero attached hydrogens (tertiary/aromatic N) is 1. The first kappa shape index (κ1) is 30.2. The average Bonchev–Trinajstić information content (AvgIpc) is 3.59. The Balaban J connectivity index is 1.86. The van der Waals surface area contributed by atoms with Crippen molar-refractivity contribution in [2.75, 3.05) is 5.75 Å². The number of carboxylic acid groups (broad SMARTS) is 2. The Morgan fingerprint density at radius 3 is 2.25 bits per heavy atom. The Bertz CT molecular complexity index is 1340. The Kier molecular flexibility index (Phi) is 10.7. The van der Waals surface area contributed by atoms with Crippen LogP contribution < -0.4 is 21.7 Å². The smallest absolute Gasteiger partial charge is 0.326 e. The molecule has 0 bridgehead atoms. The first-order valence-electron chi connectivity index (χ1n) is 12.3. The van der Waals surface area contributed by atoms with Gasteiger partial charge < -0.3 is 41.9 Å². The minimum absolute atomic E-state index is 0.0163. The summed E-state index contributed by atoms with van der Waals surface area (Å²) in [5.41, 5.74) is 7.62. The molecule has 0 saturated carbocycles. The number of aliphatic carboxylic acids is 2. The lowest BCUT2D eigenvalue weighted by molar-refractivity contribution is -0.142. The number of imidazole rings is 1. The third-order valence-electron chi connectivity index (χ3n) is 6.14. The van der Waals surface area contributed by atoms with E-state index in [9.17, 15) is 29.1 Å². The molecule has 0 aliphatic rings. The second-order valence-corrected chi connectivity index (χ2v) is 9.45. The number of para-hydroxylation sites is 1. The Hall–Kier alpha value is -4.37. The van der Waals surface area contributed by atoms with Gasteiger partial charge in [-0.2, -0.15) is 12.6 Å². The van der Waals surface area contributed by atoms with Crippen molar-refractivity contribution in [1.29, 1.82) is 0 Å². The van der Waals surface area contributed by atoms with Crippen LogP contribution in [0.25, 0.3) is 10.9 Å². The van der Waals surface area contributed by atoms with E-state index < -0.39 is 60.2 Å². The number of aromatic amines is 2. The first-order valence-corrected chi connectivity index (χ1v) is 13.0. The number of benzene rings is 1. The molecule has 0 aliphatic carbocycles. The molecule has 0 radical (unpaired) electrons. The molecule has 2 heterocycles. The molecule has 0 fully saturated rings. The van der Waals surface area contributed by atoms with Crippen molar-refractivity contribution in [1.82, 2.24) is 30.9 Å². The fourth-order valence-electron chi connectivity index (χ4n) is 3.99. The van der Waals surface area contributed by atoms with Crippen molar-refractivity contribution in [3.05, 3.63) is 54.2 Å².